The number of rotatable bonds is 5. The van der Waals surface area contributed by atoms with E-state index in [0.29, 0.717) is 16.8 Å². The molecule has 1 aromatic carbocycles. The lowest BCUT2D eigenvalue weighted by molar-refractivity contribution is -0.147. The highest BCUT2D eigenvalue weighted by molar-refractivity contribution is 8.27. The Hall–Kier alpha value is -1.84. The van der Waals surface area contributed by atoms with Crippen LogP contribution in [-0.4, -0.2) is 21.3 Å². The molecule has 2 aromatic heterocycles. The Morgan fingerprint density at radius 2 is 1.93 bits per heavy atom. The predicted octanol–water partition coefficient (Wildman–Crippen LogP) is 6.19. The predicted molar refractivity (Wildman–Crippen MR) is 119 cm³/mol. The van der Waals surface area contributed by atoms with Crippen LogP contribution in [0.25, 0.3) is 16.7 Å². The molecule has 9 heteroatoms. The summed E-state index contributed by atoms with van der Waals surface area (Å²) in [5, 5.41) is 0. The van der Waals surface area contributed by atoms with E-state index in [9.17, 15) is 13.2 Å². The summed E-state index contributed by atoms with van der Waals surface area (Å²) in [6.45, 7) is 7.42. The summed E-state index contributed by atoms with van der Waals surface area (Å²) in [7, 11) is -1.87. The minimum Gasteiger partial charge on any atom is -0.337 e. The van der Waals surface area contributed by atoms with Gasteiger partial charge in [-0.3, -0.25) is 0 Å². The summed E-state index contributed by atoms with van der Waals surface area (Å²) in [4.78, 5) is 3.84. The van der Waals surface area contributed by atoms with Crippen LogP contribution in [0.5, 0.6) is 0 Å². The zero-order valence-corrected chi connectivity index (χ0v) is 17.9. The van der Waals surface area contributed by atoms with Crippen LogP contribution in [0.4, 0.5) is 13.2 Å². The van der Waals surface area contributed by atoms with Gasteiger partial charge in [0, 0.05) is 17.3 Å². The number of hydrogen-bond acceptors (Lipinski definition) is 4. The molecule has 28 heavy (non-hydrogen) atoms. The van der Waals surface area contributed by atoms with E-state index in [2.05, 4.69) is 40.7 Å². The van der Waals surface area contributed by atoms with E-state index in [1.807, 2.05) is 12.1 Å². The Labute approximate surface area is 171 Å². The molecule has 0 fully saturated rings. The number of thiophene rings is 1. The van der Waals surface area contributed by atoms with Crippen molar-refractivity contribution in [2.75, 3.05) is 0 Å². The third-order valence-corrected chi connectivity index (χ3v) is 7.93. The molecule has 1 N–H and O–H groups in total. The first-order chi connectivity index (χ1) is 12.9. The summed E-state index contributed by atoms with van der Waals surface area (Å²) in [6.07, 6.45) is -4.53. The maximum atomic E-state index is 13.4. The molecule has 0 aliphatic carbocycles. The van der Waals surface area contributed by atoms with Gasteiger partial charge < -0.3 is 9.29 Å². The Bertz CT molecular complexity index is 1150. The van der Waals surface area contributed by atoms with Gasteiger partial charge in [0.25, 0.3) is 0 Å². The van der Waals surface area contributed by atoms with Crippen molar-refractivity contribution in [3.8, 4) is 0 Å². The summed E-state index contributed by atoms with van der Waals surface area (Å²) in [5.74, 6) is 7.43. The molecular weight excluding hydrogens is 423 g/mol. The second-order valence-electron chi connectivity index (χ2n) is 6.66. The van der Waals surface area contributed by atoms with E-state index >= 15 is 0 Å². The zero-order valence-electron chi connectivity index (χ0n) is 15.4. The summed E-state index contributed by atoms with van der Waals surface area (Å²) < 4.78 is 46.4. The second kappa shape index (κ2) is 7.20. The molecular formula is C19H20F3N3S3. The first-order valence-corrected chi connectivity index (χ1v) is 11.5. The highest BCUT2D eigenvalue weighted by Gasteiger charge is 2.38. The van der Waals surface area contributed by atoms with Crippen LogP contribution >= 0.6 is 33.4 Å². The summed E-state index contributed by atoms with van der Waals surface area (Å²) in [6, 6.07) is 8.37. The number of alkyl halides is 3. The van der Waals surface area contributed by atoms with Crippen molar-refractivity contribution >= 4 is 61.8 Å². The van der Waals surface area contributed by atoms with Crippen LogP contribution in [0.2, 0.25) is 0 Å². The lowest BCUT2D eigenvalue weighted by Gasteiger charge is -2.18. The minimum atomic E-state index is -4.53. The van der Waals surface area contributed by atoms with Crippen molar-refractivity contribution in [2.45, 2.75) is 34.5 Å². The van der Waals surface area contributed by atoms with Gasteiger partial charge in [0.15, 0.2) is 0 Å². The van der Waals surface area contributed by atoms with Gasteiger partial charge in [0.1, 0.15) is 0 Å². The number of hydrogen-bond donors (Lipinski definition) is 2. The fourth-order valence-electron chi connectivity index (χ4n) is 2.87. The van der Waals surface area contributed by atoms with E-state index < -0.39 is 21.4 Å². The van der Waals surface area contributed by atoms with Crippen molar-refractivity contribution in [3.63, 3.8) is 0 Å². The number of imidazole rings is 1. The van der Waals surface area contributed by atoms with Gasteiger partial charge in [0.05, 0.1) is 19.5 Å². The Kier molecular flexibility index (Phi) is 5.37. The largest absolute Gasteiger partial charge is 0.449 e. The van der Waals surface area contributed by atoms with Crippen molar-refractivity contribution in [1.82, 2.24) is 14.3 Å². The number of aromatic nitrogens is 2. The van der Waals surface area contributed by atoms with Gasteiger partial charge in [-0.15, -0.1) is 33.4 Å². The summed E-state index contributed by atoms with van der Waals surface area (Å²) in [5.41, 5.74) is 1.87. The highest BCUT2D eigenvalue weighted by Crippen LogP contribution is 2.38. The fourth-order valence-corrected chi connectivity index (χ4v) is 5.96. The lowest BCUT2D eigenvalue weighted by atomic mass is 10.1. The van der Waals surface area contributed by atoms with E-state index in [4.69, 9.17) is 0 Å². The van der Waals surface area contributed by atoms with Crippen LogP contribution in [0.1, 0.15) is 31.3 Å². The van der Waals surface area contributed by atoms with Crippen molar-refractivity contribution in [3.05, 3.63) is 48.3 Å². The molecule has 150 valence electrons. The molecule has 0 amide bonds. The standard InChI is InChI=1S/C19H20F3N3S3/c1-11(2)25-15-7-6-13(10-14(15)23-18(25)19(20,21)22)12(3)24-28(4,5)17-9-8-16(26)27-17/h6-11,24,26H,3-5H2,1-2H3. The molecule has 3 rings (SSSR count). The maximum Gasteiger partial charge on any atom is 0.449 e. The number of nitrogens with one attached hydrogen (secondary N) is 1. The lowest BCUT2D eigenvalue weighted by Crippen LogP contribution is -2.16. The molecule has 3 aromatic rings. The highest BCUT2D eigenvalue weighted by atomic mass is 32.2. The first kappa shape index (κ1) is 20.9. The van der Waals surface area contributed by atoms with Gasteiger partial charge in [-0.1, -0.05) is 24.4 Å². The topological polar surface area (TPSA) is 29.9 Å². The smallest absolute Gasteiger partial charge is 0.337 e. The third-order valence-electron chi connectivity index (χ3n) is 4.08. The molecule has 0 radical (unpaired) electrons. The molecule has 0 atom stereocenters. The van der Waals surface area contributed by atoms with Gasteiger partial charge >= 0.3 is 6.18 Å². The van der Waals surface area contributed by atoms with Gasteiger partial charge in [0.2, 0.25) is 5.82 Å². The SMILES string of the molecule is C=C(NS(=C)(=C)c1ccc(S)s1)c1ccc2c(c1)nc(C(F)(F)F)n2C(C)C. The Balaban J connectivity index is 1.99. The number of fused-ring (bicyclic) bond motifs is 1. The molecule has 3 nitrogen and oxygen atoms in total. The maximum absolute atomic E-state index is 13.4. The van der Waals surface area contributed by atoms with Crippen LogP contribution in [0.3, 0.4) is 0 Å². The van der Waals surface area contributed by atoms with E-state index in [0.717, 1.165) is 8.42 Å². The fraction of sp³-hybridized carbons (Fsp3) is 0.211. The monoisotopic (exact) mass is 443 g/mol. The van der Waals surface area contributed by atoms with E-state index in [-0.39, 0.29) is 11.6 Å². The molecule has 0 saturated carbocycles. The number of thiol groups is 1. The molecule has 0 aliphatic heterocycles. The molecule has 0 unspecified atom stereocenters. The molecule has 0 aliphatic rings. The Morgan fingerprint density at radius 3 is 2.46 bits per heavy atom. The third kappa shape index (κ3) is 3.97. The first-order valence-electron chi connectivity index (χ1n) is 8.24. The Morgan fingerprint density at radius 1 is 1.25 bits per heavy atom. The summed E-state index contributed by atoms with van der Waals surface area (Å²) >= 11 is 5.79. The van der Waals surface area contributed by atoms with Crippen molar-refractivity contribution in [1.29, 1.82) is 0 Å². The van der Waals surface area contributed by atoms with E-state index in [1.54, 1.807) is 32.0 Å². The average Bonchev–Trinajstić information content (AvgIpc) is 3.17. The van der Waals surface area contributed by atoms with Crippen molar-refractivity contribution < 1.29 is 13.2 Å². The van der Waals surface area contributed by atoms with Crippen LogP contribution in [0.15, 0.2) is 45.3 Å². The number of benzene rings is 1. The van der Waals surface area contributed by atoms with Gasteiger partial charge in [-0.05, 0) is 38.1 Å². The van der Waals surface area contributed by atoms with Gasteiger partial charge in [-0.25, -0.2) is 4.98 Å². The van der Waals surface area contributed by atoms with E-state index in [1.165, 1.54) is 15.9 Å². The molecule has 0 bridgehead atoms. The van der Waals surface area contributed by atoms with Gasteiger partial charge in [-0.2, -0.15) is 13.2 Å². The number of nitrogens with zero attached hydrogens (tertiary/aromatic N) is 2. The van der Waals surface area contributed by atoms with Crippen molar-refractivity contribution in [2.24, 2.45) is 0 Å². The van der Waals surface area contributed by atoms with Crippen LogP contribution in [-0.2, 0) is 6.18 Å². The molecule has 0 saturated heterocycles. The minimum absolute atomic E-state index is 0.268. The van der Waals surface area contributed by atoms with Crippen LogP contribution < -0.4 is 4.72 Å². The average molecular weight is 444 g/mol. The zero-order chi connectivity index (χ0) is 20.9. The van der Waals surface area contributed by atoms with Crippen LogP contribution in [0, 0.1) is 0 Å². The quantitative estimate of drug-likeness (QED) is 0.364. The number of halogens is 3. The second-order valence-corrected chi connectivity index (χ2v) is 11.2. The molecule has 2 heterocycles. The molecule has 0 spiro atoms. The normalized spacial score (nSPS) is 12.7.